The van der Waals surface area contributed by atoms with E-state index in [1.165, 1.54) is 25.6 Å². The van der Waals surface area contributed by atoms with Crippen molar-refractivity contribution < 1.29 is 19.1 Å². The molecule has 0 amide bonds. The normalized spacial score (nSPS) is 10.1. The summed E-state index contributed by atoms with van der Waals surface area (Å²) in [6, 6.07) is 18.3. The first-order chi connectivity index (χ1) is 14.0. The van der Waals surface area contributed by atoms with E-state index in [9.17, 15) is 9.59 Å². The first-order valence-corrected chi connectivity index (χ1v) is 9.78. The Morgan fingerprint density at radius 3 is 2.31 bits per heavy atom. The quantitative estimate of drug-likeness (QED) is 0.448. The number of carbonyl (C=O) groups excluding carboxylic acids is 2. The van der Waals surface area contributed by atoms with Crippen LogP contribution in [0.5, 0.6) is 0 Å². The summed E-state index contributed by atoms with van der Waals surface area (Å²) >= 11 is 6.77. The zero-order valence-corrected chi connectivity index (χ0v) is 17.4. The molecule has 1 heterocycles. The summed E-state index contributed by atoms with van der Waals surface area (Å²) in [4.78, 5) is 24.8. The highest BCUT2D eigenvalue weighted by Gasteiger charge is 2.18. The molecule has 0 unspecified atom stereocenters. The first-order valence-electron chi connectivity index (χ1n) is 8.55. The molecule has 29 heavy (non-hydrogen) atoms. The number of carbonyl (C=O) groups is 2. The van der Waals surface area contributed by atoms with Crippen LogP contribution in [0.2, 0.25) is 0 Å². The van der Waals surface area contributed by atoms with E-state index in [0.29, 0.717) is 21.8 Å². The van der Waals surface area contributed by atoms with Crippen molar-refractivity contribution in [2.75, 3.05) is 24.9 Å². The van der Waals surface area contributed by atoms with Gasteiger partial charge in [-0.1, -0.05) is 36.4 Å². The second-order valence-electron chi connectivity index (χ2n) is 5.86. The summed E-state index contributed by atoms with van der Waals surface area (Å²) < 4.78 is 9.62. The van der Waals surface area contributed by atoms with E-state index in [1.54, 1.807) is 30.3 Å². The number of nitrogens with one attached hydrogen (secondary N) is 2. The minimum absolute atomic E-state index is 0.277. The Balaban J connectivity index is 1.82. The van der Waals surface area contributed by atoms with E-state index in [-0.39, 0.29) is 5.11 Å². The first kappa shape index (κ1) is 20.5. The third-order valence-corrected chi connectivity index (χ3v) is 5.27. The highest BCUT2D eigenvalue weighted by atomic mass is 32.1. The second kappa shape index (κ2) is 9.31. The molecular weight excluding hydrogens is 408 g/mol. The Labute approximate surface area is 177 Å². The zero-order valence-electron chi connectivity index (χ0n) is 15.7. The zero-order chi connectivity index (χ0) is 20.8. The summed E-state index contributed by atoms with van der Waals surface area (Å²) in [5, 5.41) is 6.90. The van der Waals surface area contributed by atoms with Gasteiger partial charge in [0.05, 0.1) is 25.3 Å². The molecule has 6 nitrogen and oxygen atoms in total. The predicted molar refractivity (Wildman–Crippen MR) is 119 cm³/mol. The molecule has 0 atom stereocenters. The minimum atomic E-state index is -0.457. The number of anilines is 2. The molecule has 8 heteroatoms. The van der Waals surface area contributed by atoms with Gasteiger partial charge in [-0.3, -0.25) is 0 Å². The van der Waals surface area contributed by atoms with E-state index in [1.807, 2.05) is 30.3 Å². The van der Waals surface area contributed by atoms with E-state index >= 15 is 0 Å². The van der Waals surface area contributed by atoms with E-state index in [0.717, 1.165) is 10.4 Å². The van der Waals surface area contributed by atoms with E-state index in [4.69, 9.17) is 21.7 Å². The average Bonchev–Trinajstić information content (AvgIpc) is 3.17. The SMILES string of the molecule is COC(=O)c1cccc(NC(=S)Nc2sc(-c3ccccc3)cc2C(=O)OC)c1. The lowest BCUT2D eigenvalue weighted by Crippen LogP contribution is -2.20. The van der Waals surface area contributed by atoms with Gasteiger partial charge in [-0.15, -0.1) is 11.3 Å². The van der Waals surface area contributed by atoms with Gasteiger partial charge in [0.25, 0.3) is 0 Å². The second-order valence-corrected chi connectivity index (χ2v) is 7.32. The highest BCUT2D eigenvalue weighted by molar-refractivity contribution is 7.80. The standard InChI is InChI=1S/C21H18N2O4S2/c1-26-19(24)14-9-6-10-15(11-14)22-21(28)23-18-16(20(25)27-2)12-17(29-18)13-7-4-3-5-8-13/h3-12H,1-2H3,(H2,22,23,28). The van der Waals surface area contributed by atoms with Crippen LogP contribution < -0.4 is 10.6 Å². The molecular formula is C21H18N2O4S2. The van der Waals surface area contributed by atoms with Crippen LogP contribution in [0, 0.1) is 0 Å². The number of rotatable bonds is 5. The van der Waals surface area contributed by atoms with Gasteiger partial charge in [0.15, 0.2) is 5.11 Å². The van der Waals surface area contributed by atoms with Gasteiger partial charge < -0.3 is 20.1 Å². The lowest BCUT2D eigenvalue weighted by molar-refractivity contribution is 0.0592. The van der Waals surface area contributed by atoms with Gasteiger partial charge in [-0.05, 0) is 42.0 Å². The Morgan fingerprint density at radius 1 is 0.897 bits per heavy atom. The fourth-order valence-electron chi connectivity index (χ4n) is 2.60. The van der Waals surface area contributed by atoms with Crippen molar-refractivity contribution in [2.45, 2.75) is 0 Å². The molecule has 3 rings (SSSR count). The third-order valence-electron chi connectivity index (χ3n) is 3.96. The number of thiophene rings is 1. The number of hydrogen-bond acceptors (Lipinski definition) is 6. The Bertz CT molecular complexity index is 1050. The molecule has 2 N–H and O–H groups in total. The summed E-state index contributed by atoms with van der Waals surface area (Å²) in [6.07, 6.45) is 0. The van der Waals surface area contributed by atoms with Crippen LogP contribution >= 0.6 is 23.6 Å². The summed E-state index contributed by atoms with van der Waals surface area (Å²) in [5.74, 6) is -0.896. The topological polar surface area (TPSA) is 76.7 Å². The molecule has 0 saturated heterocycles. The molecule has 0 spiro atoms. The Hall–Kier alpha value is -3.23. The monoisotopic (exact) mass is 426 g/mol. The molecule has 148 valence electrons. The summed E-state index contributed by atoms with van der Waals surface area (Å²) in [5.41, 5.74) is 2.40. The fourth-order valence-corrected chi connectivity index (χ4v) is 3.94. The lowest BCUT2D eigenvalue weighted by atomic mass is 10.1. The van der Waals surface area contributed by atoms with Crippen molar-refractivity contribution in [3.8, 4) is 10.4 Å². The highest BCUT2D eigenvalue weighted by Crippen LogP contribution is 2.36. The number of benzene rings is 2. The van der Waals surface area contributed by atoms with Crippen LogP contribution in [-0.2, 0) is 9.47 Å². The lowest BCUT2D eigenvalue weighted by Gasteiger charge is -2.11. The number of ether oxygens (including phenoxy) is 2. The molecule has 2 aromatic carbocycles. The Morgan fingerprint density at radius 2 is 1.62 bits per heavy atom. The maximum Gasteiger partial charge on any atom is 0.340 e. The smallest absolute Gasteiger partial charge is 0.340 e. The molecule has 0 aliphatic heterocycles. The third kappa shape index (κ3) is 4.98. The van der Waals surface area contributed by atoms with Gasteiger partial charge in [-0.2, -0.15) is 0 Å². The largest absolute Gasteiger partial charge is 0.465 e. The summed E-state index contributed by atoms with van der Waals surface area (Å²) in [6.45, 7) is 0. The van der Waals surface area contributed by atoms with Gasteiger partial charge in [0.1, 0.15) is 5.00 Å². The van der Waals surface area contributed by atoms with Crippen molar-refractivity contribution in [3.05, 3.63) is 71.8 Å². The van der Waals surface area contributed by atoms with Crippen molar-refractivity contribution in [1.82, 2.24) is 0 Å². The van der Waals surface area contributed by atoms with Crippen LogP contribution in [0.25, 0.3) is 10.4 Å². The van der Waals surface area contributed by atoms with Crippen molar-refractivity contribution in [1.29, 1.82) is 0 Å². The van der Waals surface area contributed by atoms with Crippen LogP contribution in [0.1, 0.15) is 20.7 Å². The average molecular weight is 427 g/mol. The molecule has 3 aromatic rings. The predicted octanol–water partition coefficient (Wildman–Crippen LogP) is 4.80. The number of thiocarbonyl (C=S) groups is 1. The van der Waals surface area contributed by atoms with Gasteiger partial charge in [0.2, 0.25) is 0 Å². The van der Waals surface area contributed by atoms with Crippen molar-refractivity contribution >= 4 is 51.3 Å². The van der Waals surface area contributed by atoms with Gasteiger partial charge >= 0.3 is 11.9 Å². The number of methoxy groups -OCH3 is 2. The number of hydrogen-bond donors (Lipinski definition) is 2. The molecule has 1 aromatic heterocycles. The van der Waals surface area contributed by atoms with Crippen molar-refractivity contribution in [2.24, 2.45) is 0 Å². The molecule has 0 fully saturated rings. The molecule has 0 saturated carbocycles. The van der Waals surface area contributed by atoms with Gasteiger partial charge in [0, 0.05) is 10.6 Å². The molecule has 0 aliphatic carbocycles. The maximum atomic E-state index is 12.2. The number of esters is 2. The van der Waals surface area contributed by atoms with Crippen LogP contribution in [0.15, 0.2) is 60.7 Å². The fraction of sp³-hybridized carbons (Fsp3) is 0.0952. The Kier molecular flexibility index (Phi) is 6.58. The van der Waals surface area contributed by atoms with Crippen LogP contribution in [0.4, 0.5) is 10.7 Å². The van der Waals surface area contributed by atoms with Crippen molar-refractivity contribution in [3.63, 3.8) is 0 Å². The molecule has 0 radical (unpaired) electrons. The molecule has 0 aliphatic rings. The maximum absolute atomic E-state index is 12.2. The molecule has 0 bridgehead atoms. The van der Waals surface area contributed by atoms with E-state index in [2.05, 4.69) is 10.6 Å². The minimum Gasteiger partial charge on any atom is -0.465 e. The summed E-state index contributed by atoms with van der Waals surface area (Å²) in [7, 11) is 2.66. The van der Waals surface area contributed by atoms with Crippen LogP contribution in [-0.4, -0.2) is 31.3 Å². The van der Waals surface area contributed by atoms with E-state index < -0.39 is 11.9 Å². The van der Waals surface area contributed by atoms with Crippen LogP contribution in [0.3, 0.4) is 0 Å². The van der Waals surface area contributed by atoms with Gasteiger partial charge in [-0.25, -0.2) is 9.59 Å².